The fourth-order valence-corrected chi connectivity index (χ4v) is 2.26. The third-order valence-electron chi connectivity index (χ3n) is 2.58. The number of aromatic nitrogens is 1. The van der Waals surface area contributed by atoms with E-state index in [9.17, 15) is 0 Å². The molecule has 1 aliphatic heterocycles. The SMILES string of the molecule is N#Cc1cc(N)c(Br)n1C[C@@H]1CCCO1. The van der Waals surface area contributed by atoms with Crippen LogP contribution in [0.2, 0.25) is 0 Å². The minimum atomic E-state index is 0.209. The van der Waals surface area contributed by atoms with Gasteiger partial charge in [0.1, 0.15) is 16.4 Å². The Morgan fingerprint density at radius 1 is 1.73 bits per heavy atom. The van der Waals surface area contributed by atoms with Crippen molar-refractivity contribution in [1.82, 2.24) is 4.57 Å². The molecule has 4 nitrogen and oxygen atoms in total. The molecule has 1 atom stereocenters. The van der Waals surface area contributed by atoms with E-state index in [1.165, 1.54) is 0 Å². The lowest BCUT2D eigenvalue weighted by molar-refractivity contribution is 0.0964. The van der Waals surface area contributed by atoms with Crippen LogP contribution in [-0.4, -0.2) is 17.3 Å². The zero-order valence-electron chi connectivity index (χ0n) is 8.24. The third-order valence-corrected chi connectivity index (χ3v) is 3.47. The van der Waals surface area contributed by atoms with E-state index in [0.29, 0.717) is 17.9 Å². The Bertz CT molecular complexity index is 402. The van der Waals surface area contributed by atoms with Gasteiger partial charge in [-0.05, 0) is 34.8 Å². The van der Waals surface area contributed by atoms with Gasteiger partial charge in [0, 0.05) is 6.61 Å². The minimum Gasteiger partial charge on any atom is -0.397 e. The zero-order valence-corrected chi connectivity index (χ0v) is 9.83. The van der Waals surface area contributed by atoms with Crippen LogP contribution < -0.4 is 5.73 Å². The number of nitriles is 1. The number of anilines is 1. The standard InChI is InChI=1S/C10H12BrN3O/c11-10-9(13)4-7(5-12)14(10)6-8-2-1-3-15-8/h4,8H,1-3,6,13H2/t8-/m0/s1. The molecule has 2 N–H and O–H groups in total. The molecule has 0 aliphatic carbocycles. The van der Waals surface area contributed by atoms with Crippen molar-refractivity contribution in [3.8, 4) is 6.07 Å². The number of hydrogen-bond acceptors (Lipinski definition) is 3. The Labute approximate surface area is 96.7 Å². The van der Waals surface area contributed by atoms with E-state index in [0.717, 1.165) is 24.1 Å². The highest BCUT2D eigenvalue weighted by molar-refractivity contribution is 9.10. The maximum absolute atomic E-state index is 8.94. The first-order chi connectivity index (χ1) is 7.22. The molecule has 0 aromatic carbocycles. The molecule has 80 valence electrons. The maximum Gasteiger partial charge on any atom is 0.123 e. The summed E-state index contributed by atoms with van der Waals surface area (Å²) in [5.41, 5.74) is 6.91. The number of ether oxygens (including phenoxy) is 1. The first kappa shape index (κ1) is 10.5. The molecule has 0 spiro atoms. The van der Waals surface area contributed by atoms with Crippen LogP contribution >= 0.6 is 15.9 Å². The van der Waals surface area contributed by atoms with Crippen molar-refractivity contribution in [1.29, 1.82) is 5.26 Å². The molecular formula is C10H12BrN3O. The Hall–Kier alpha value is -0.990. The van der Waals surface area contributed by atoms with Gasteiger partial charge in [0.25, 0.3) is 0 Å². The number of halogens is 1. The fourth-order valence-electron chi connectivity index (χ4n) is 1.81. The van der Waals surface area contributed by atoms with Gasteiger partial charge in [-0.15, -0.1) is 0 Å². The molecule has 5 heteroatoms. The largest absolute Gasteiger partial charge is 0.397 e. The summed E-state index contributed by atoms with van der Waals surface area (Å²) in [7, 11) is 0. The monoisotopic (exact) mass is 269 g/mol. The van der Waals surface area contributed by atoms with Crippen LogP contribution in [0.15, 0.2) is 10.7 Å². The van der Waals surface area contributed by atoms with Gasteiger partial charge in [0.05, 0.1) is 18.3 Å². The summed E-state index contributed by atoms with van der Waals surface area (Å²) in [5, 5.41) is 8.94. The van der Waals surface area contributed by atoms with Gasteiger partial charge in [-0.3, -0.25) is 0 Å². The number of nitrogens with zero attached hydrogens (tertiary/aromatic N) is 2. The molecule has 1 aromatic heterocycles. The van der Waals surface area contributed by atoms with E-state index in [1.54, 1.807) is 6.07 Å². The lowest BCUT2D eigenvalue weighted by atomic mass is 10.2. The normalized spacial score (nSPS) is 20.4. The quantitative estimate of drug-likeness (QED) is 0.892. The highest BCUT2D eigenvalue weighted by atomic mass is 79.9. The summed E-state index contributed by atoms with van der Waals surface area (Å²) < 4.78 is 8.17. The van der Waals surface area contributed by atoms with E-state index >= 15 is 0 Å². The van der Waals surface area contributed by atoms with Crippen LogP contribution in [0.4, 0.5) is 5.69 Å². The van der Waals surface area contributed by atoms with E-state index in [4.69, 9.17) is 15.7 Å². The highest BCUT2D eigenvalue weighted by Gasteiger charge is 2.19. The fraction of sp³-hybridized carbons (Fsp3) is 0.500. The van der Waals surface area contributed by atoms with Gasteiger partial charge in [0.2, 0.25) is 0 Å². The van der Waals surface area contributed by atoms with Crippen LogP contribution in [0, 0.1) is 11.3 Å². The lowest BCUT2D eigenvalue weighted by Gasteiger charge is -2.12. The average molecular weight is 270 g/mol. The highest BCUT2D eigenvalue weighted by Crippen LogP contribution is 2.26. The summed E-state index contributed by atoms with van der Waals surface area (Å²) >= 11 is 3.38. The topological polar surface area (TPSA) is 64.0 Å². The van der Waals surface area contributed by atoms with Crippen molar-refractivity contribution in [3.63, 3.8) is 0 Å². The Morgan fingerprint density at radius 2 is 2.53 bits per heavy atom. The van der Waals surface area contributed by atoms with Gasteiger partial charge >= 0.3 is 0 Å². The molecule has 1 aromatic rings. The molecule has 2 rings (SSSR count). The second-order valence-electron chi connectivity index (χ2n) is 3.63. The molecule has 2 heterocycles. The maximum atomic E-state index is 8.94. The van der Waals surface area contributed by atoms with Crippen molar-refractivity contribution >= 4 is 21.6 Å². The average Bonchev–Trinajstić information content (AvgIpc) is 2.82. The molecule has 0 radical (unpaired) electrons. The molecule has 0 bridgehead atoms. The van der Waals surface area contributed by atoms with Crippen LogP contribution in [0.1, 0.15) is 18.5 Å². The number of nitrogens with two attached hydrogens (primary N) is 1. The van der Waals surface area contributed by atoms with Crippen LogP contribution in [0.3, 0.4) is 0 Å². The van der Waals surface area contributed by atoms with Crippen molar-refractivity contribution in [2.45, 2.75) is 25.5 Å². The smallest absolute Gasteiger partial charge is 0.123 e. The molecule has 15 heavy (non-hydrogen) atoms. The summed E-state index contributed by atoms with van der Waals surface area (Å²) in [6.45, 7) is 1.52. The van der Waals surface area contributed by atoms with Crippen molar-refractivity contribution in [2.75, 3.05) is 12.3 Å². The predicted molar refractivity (Wildman–Crippen MR) is 60.2 cm³/mol. The van der Waals surface area contributed by atoms with E-state index in [2.05, 4.69) is 22.0 Å². The van der Waals surface area contributed by atoms with Gasteiger partial charge in [0.15, 0.2) is 0 Å². The van der Waals surface area contributed by atoms with E-state index in [1.807, 2.05) is 4.57 Å². The van der Waals surface area contributed by atoms with Crippen molar-refractivity contribution in [2.24, 2.45) is 0 Å². The van der Waals surface area contributed by atoms with Gasteiger partial charge in [-0.1, -0.05) is 0 Å². The van der Waals surface area contributed by atoms with Crippen molar-refractivity contribution in [3.05, 3.63) is 16.4 Å². The summed E-state index contributed by atoms with van der Waals surface area (Å²) in [6, 6.07) is 3.81. The number of nitrogen functional groups attached to an aromatic ring is 1. The predicted octanol–water partition coefficient (Wildman–Crippen LogP) is 1.88. The van der Waals surface area contributed by atoms with Crippen LogP contribution in [-0.2, 0) is 11.3 Å². The van der Waals surface area contributed by atoms with Crippen LogP contribution in [0.25, 0.3) is 0 Å². The Kier molecular flexibility index (Phi) is 2.98. The first-order valence-electron chi connectivity index (χ1n) is 4.88. The molecular weight excluding hydrogens is 258 g/mol. The molecule has 0 unspecified atom stereocenters. The van der Waals surface area contributed by atoms with Gasteiger partial charge in [-0.2, -0.15) is 5.26 Å². The van der Waals surface area contributed by atoms with E-state index < -0.39 is 0 Å². The molecule has 0 amide bonds. The lowest BCUT2D eigenvalue weighted by Crippen LogP contribution is -2.16. The summed E-state index contributed by atoms with van der Waals surface area (Å²) in [4.78, 5) is 0. The zero-order chi connectivity index (χ0) is 10.8. The molecule has 1 saturated heterocycles. The Morgan fingerprint density at radius 3 is 3.13 bits per heavy atom. The Balaban J connectivity index is 2.22. The van der Waals surface area contributed by atoms with Gasteiger partial charge in [-0.25, -0.2) is 0 Å². The van der Waals surface area contributed by atoms with E-state index in [-0.39, 0.29) is 6.10 Å². The molecule has 0 saturated carbocycles. The molecule has 1 aliphatic rings. The third kappa shape index (κ3) is 2.01. The van der Waals surface area contributed by atoms with Crippen molar-refractivity contribution < 1.29 is 4.74 Å². The minimum absolute atomic E-state index is 0.209. The molecule has 1 fully saturated rings. The number of rotatable bonds is 2. The van der Waals surface area contributed by atoms with Crippen LogP contribution in [0.5, 0.6) is 0 Å². The second kappa shape index (κ2) is 4.25. The second-order valence-corrected chi connectivity index (χ2v) is 4.38. The summed E-state index contributed by atoms with van der Waals surface area (Å²) in [6.07, 6.45) is 2.36. The van der Waals surface area contributed by atoms with Gasteiger partial charge < -0.3 is 15.0 Å². The first-order valence-corrected chi connectivity index (χ1v) is 5.68. The number of hydrogen-bond donors (Lipinski definition) is 1. The summed E-state index contributed by atoms with van der Waals surface area (Å²) in [5.74, 6) is 0.